The Morgan fingerprint density at radius 3 is 2.57 bits per heavy atom. The fourth-order valence-corrected chi connectivity index (χ4v) is 4.28. The zero-order valence-corrected chi connectivity index (χ0v) is 16.9. The highest BCUT2D eigenvalue weighted by Crippen LogP contribution is 2.40. The number of ether oxygens (including phenoxy) is 1. The summed E-state index contributed by atoms with van der Waals surface area (Å²) in [5.41, 5.74) is -0.331. The lowest BCUT2D eigenvalue weighted by Crippen LogP contribution is -2.48. The van der Waals surface area contributed by atoms with Crippen LogP contribution in [0.25, 0.3) is 0 Å². The van der Waals surface area contributed by atoms with E-state index in [-0.39, 0.29) is 17.9 Å². The van der Waals surface area contributed by atoms with Crippen molar-refractivity contribution in [1.82, 2.24) is 10.2 Å². The highest BCUT2D eigenvalue weighted by Gasteiger charge is 2.55. The van der Waals surface area contributed by atoms with E-state index >= 15 is 0 Å². The molecule has 2 aromatic rings. The number of imide groups is 1. The molecule has 0 aliphatic carbocycles. The Bertz CT molecular complexity index is 1150. The van der Waals surface area contributed by atoms with E-state index in [2.05, 4.69) is 10.6 Å². The third kappa shape index (κ3) is 3.39. The molecular formula is C20H19N3O6S. The van der Waals surface area contributed by atoms with Crippen molar-refractivity contribution in [2.75, 3.05) is 24.7 Å². The summed E-state index contributed by atoms with van der Waals surface area (Å²) in [4.78, 5) is 39.1. The van der Waals surface area contributed by atoms with Crippen molar-refractivity contribution in [2.24, 2.45) is 0 Å². The summed E-state index contributed by atoms with van der Waals surface area (Å²) in [5.74, 6) is -0.566. The van der Waals surface area contributed by atoms with Crippen LogP contribution in [0.4, 0.5) is 10.5 Å². The van der Waals surface area contributed by atoms with Crippen molar-refractivity contribution >= 4 is 33.4 Å². The minimum Gasteiger partial charge on any atom is -0.493 e. The zero-order chi connectivity index (χ0) is 21.5. The van der Waals surface area contributed by atoms with E-state index in [0.717, 1.165) is 11.2 Å². The van der Waals surface area contributed by atoms with E-state index in [4.69, 9.17) is 4.74 Å². The predicted octanol–water partition coefficient (Wildman–Crippen LogP) is 1.26. The average Bonchev–Trinajstić information content (AvgIpc) is 2.93. The molecule has 30 heavy (non-hydrogen) atoms. The van der Waals surface area contributed by atoms with Crippen LogP contribution in [0.15, 0.2) is 53.4 Å². The summed E-state index contributed by atoms with van der Waals surface area (Å²) in [6, 6.07) is 11.9. The molecule has 1 spiro atoms. The average molecular weight is 429 g/mol. The first-order valence-corrected chi connectivity index (χ1v) is 11.1. The molecule has 4 rings (SSSR count). The summed E-state index contributed by atoms with van der Waals surface area (Å²) in [5, 5.41) is 5.30. The number of nitrogens with one attached hydrogen (secondary N) is 2. The SMILES string of the molecule is CS(=O)(=O)c1ccc(NC(=O)CN2C(=O)N[C@@]3(CCOc4ccccc43)C2=O)cc1. The second kappa shape index (κ2) is 7.13. The molecule has 2 N–H and O–H groups in total. The summed E-state index contributed by atoms with van der Waals surface area (Å²) >= 11 is 0. The van der Waals surface area contributed by atoms with Crippen LogP contribution >= 0.6 is 0 Å². The van der Waals surface area contributed by atoms with E-state index in [1.165, 1.54) is 24.3 Å². The van der Waals surface area contributed by atoms with Gasteiger partial charge >= 0.3 is 6.03 Å². The van der Waals surface area contributed by atoms with E-state index in [9.17, 15) is 22.8 Å². The molecule has 2 aliphatic rings. The molecule has 9 nitrogen and oxygen atoms in total. The lowest BCUT2D eigenvalue weighted by molar-refractivity contribution is -0.135. The fraction of sp³-hybridized carbons (Fsp3) is 0.250. The Morgan fingerprint density at radius 1 is 1.17 bits per heavy atom. The standard InChI is InChI=1S/C20H19N3O6S/c1-30(27,28)14-8-6-13(7-9-14)21-17(24)12-23-18(25)20(22-19(23)26)10-11-29-16-5-3-2-4-15(16)20/h2-9H,10-12H2,1H3,(H,21,24)(H,22,26)/t20-/m1/s1. The lowest BCUT2D eigenvalue weighted by Gasteiger charge is -2.33. The Labute approximate surface area is 172 Å². The number of urea groups is 1. The number of rotatable bonds is 4. The molecule has 0 bridgehead atoms. The van der Waals surface area contributed by atoms with Crippen molar-refractivity contribution in [1.29, 1.82) is 0 Å². The number of carbonyl (C=O) groups excluding carboxylic acids is 3. The largest absolute Gasteiger partial charge is 0.493 e. The Kier molecular flexibility index (Phi) is 4.73. The van der Waals surface area contributed by atoms with Crippen molar-refractivity contribution in [3.63, 3.8) is 0 Å². The summed E-state index contributed by atoms with van der Waals surface area (Å²) in [7, 11) is -3.35. The van der Waals surface area contributed by atoms with Gasteiger partial charge in [-0.25, -0.2) is 13.2 Å². The molecular weight excluding hydrogens is 410 g/mol. The third-order valence-electron chi connectivity index (χ3n) is 5.13. The van der Waals surface area contributed by atoms with Crippen LogP contribution in [0, 0.1) is 0 Å². The number of sulfone groups is 1. The lowest BCUT2D eigenvalue weighted by atomic mass is 9.84. The van der Waals surface area contributed by atoms with Gasteiger partial charge < -0.3 is 15.4 Å². The number of fused-ring (bicyclic) bond motifs is 2. The maximum absolute atomic E-state index is 13.1. The Balaban J connectivity index is 1.50. The molecule has 0 unspecified atom stereocenters. The van der Waals surface area contributed by atoms with Gasteiger partial charge in [0.05, 0.1) is 11.5 Å². The number of para-hydroxylation sites is 1. The van der Waals surface area contributed by atoms with Crippen LogP contribution in [0.1, 0.15) is 12.0 Å². The molecule has 1 fully saturated rings. The van der Waals surface area contributed by atoms with Gasteiger partial charge in [0.25, 0.3) is 5.91 Å². The van der Waals surface area contributed by atoms with E-state index < -0.39 is 39.8 Å². The summed E-state index contributed by atoms with van der Waals surface area (Å²) in [6.45, 7) is -0.209. The number of hydrogen-bond donors (Lipinski definition) is 2. The van der Waals surface area contributed by atoms with Gasteiger partial charge in [0, 0.05) is 23.9 Å². The second-order valence-electron chi connectivity index (χ2n) is 7.17. The monoisotopic (exact) mass is 429 g/mol. The van der Waals surface area contributed by atoms with Crippen LogP contribution in [0.3, 0.4) is 0 Å². The first-order valence-electron chi connectivity index (χ1n) is 9.17. The summed E-state index contributed by atoms with van der Waals surface area (Å²) in [6.07, 6.45) is 1.35. The first-order chi connectivity index (χ1) is 14.2. The number of carbonyl (C=O) groups is 3. The van der Waals surface area contributed by atoms with E-state index in [1.54, 1.807) is 24.3 Å². The van der Waals surface area contributed by atoms with Gasteiger partial charge in [0.1, 0.15) is 12.3 Å². The third-order valence-corrected chi connectivity index (χ3v) is 6.25. The van der Waals surface area contributed by atoms with Crippen LogP contribution in [0.2, 0.25) is 0 Å². The molecule has 2 aliphatic heterocycles. The molecule has 2 heterocycles. The summed E-state index contributed by atoms with van der Waals surface area (Å²) < 4.78 is 28.6. The van der Waals surface area contributed by atoms with E-state index in [0.29, 0.717) is 17.0 Å². The Hall–Kier alpha value is -3.40. The smallest absolute Gasteiger partial charge is 0.325 e. The molecule has 1 saturated heterocycles. The van der Waals surface area contributed by atoms with Gasteiger partial charge in [0.2, 0.25) is 5.91 Å². The predicted molar refractivity (Wildman–Crippen MR) is 107 cm³/mol. The highest BCUT2D eigenvalue weighted by atomic mass is 32.2. The van der Waals surface area contributed by atoms with Crippen LogP contribution < -0.4 is 15.4 Å². The van der Waals surface area contributed by atoms with Crippen molar-refractivity contribution in [3.8, 4) is 5.75 Å². The molecule has 0 saturated carbocycles. The minimum atomic E-state index is -3.35. The van der Waals surface area contributed by atoms with Gasteiger partial charge in [-0.3, -0.25) is 14.5 Å². The fourth-order valence-electron chi connectivity index (χ4n) is 3.65. The molecule has 0 aromatic heterocycles. The van der Waals surface area contributed by atoms with Crippen LogP contribution in [0.5, 0.6) is 5.75 Å². The van der Waals surface area contributed by atoms with E-state index in [1.807, 2.05) is 0 Å². The first kappa shape index (κ1) is 19.9. The molecule has 156 valence electrons. The van der Waals surface area contributed by atoms with Crippen LogP contribution in [-0.4, -0.2) is 50.6 Å². The van der Waals surface area contributed by atoms with Crippen molar-refractivity contribution in [2.45, 2.75) is 16.9 Å². The van der Waals surface area contributed by atoms with Crippen molar-refractivity contribution in [3.05, 3.63) is 54.1 Å². The normalized spacial score (nSPS) is 20.5. The topological polar surface area (TPSA) is 122 Å². The molecule has 4 amide bonds. The van der Waals surface area contributed by atoms with Gasteiger partial charge in [-0.05, 0) is 30.3 Å². The number of hydrogen-bond acceptors (Lipinski definition) is 6. The maximum Gasteiger partial charge on any atom is 0.325 e. The zero-order valence-electron chi connectivity index (χ0n) is 16.0. The van der Waals surface area contributed by atoms with Crippen LogP contribution in [-0.2, 0) is 25.0 Å². The highest BCUT2D eigenvalue weighted by molar-refractivity contribution is 7.90. The molecule has 10 heteroatoms. The maximum atomic E-state index is 13.1. The van der Waals surface area contributed by atoms with Gasteiger partial charge in [-0.15, -0.1) is 0 Å². The Morgan fingerprint density at radius 2 is 1.87 bits per heavy atom. The molecule has 2 aromatic carbocycles. The number of benzene rings is 2. The minimum absolute atomic E-state index is 0.120. The molecule has 0 radical (unpaired) electrons. The van der Waals surface area contributed by atoms with Gasteiger partial charge in [0.15, 0.2) is 15.4 Å². The number of anilines is 1. The quantitative estimate of drug-likeness (QED) is 0.706. The van der Waals surface area contributed by atoms with Gasteiger partial charge in [-0.2, -0.15) is 0 Å². The number of nitrogens with zero attached hydrogens (tertiary/aromatic N) is 1. The van der Waals surface area contributed by atoms with Gasteiger partial charge in [-0.1, -0.05) is 18.2 Å². The van der Waals surface area contributed by atoms with Crippen molar-refractivity contribution < 1.29 is 27.5 Å². The number of amides is 4. The molecule has 1 atom stereocenters. The second-order valence-corrected chi connectivity index (χ2v) is 9.18.